The van der Waals surface area contributed by atoms with Gasteiger partial charge in [-0.15, -0.1) is 0 Å². The van der Waals surface area contributed by atoms with Gasteiger partial charge < -0.3 is 0 Å². The first-order chi connectivity index (χ1) is 27.5. The highest BCUT2D eigenvalue weighted by Gasteiger charge is 2.51. The Bertz CT molecular complexity index is 2540. The van der Waals surface area contributed by atoms with Crippen molar-refractivity contribution >= 4 is 5.69 Å². The van der Waals surface area contributed by atoms with E-state index in [1.54, 1.807) is 18.2 Å². The lowest BCUT2D eigenvalue weighted by atomic mass is 9.48. The number of benzene rings is 6. The van der Waals surface area contributed by atoms with E-state index >= 15 is 0 Å². The van der Waals surface area contributed by atoms with Crippen LogP contribution in [0.4, 0.5) is 5.69 Å². The van der Waals surface area contributed by atoms with E-state index in [1.165, 1.54) is 49.7 Å². The van der Waals surface area contributed by atoms with E-state index < -0.39 is 0 Å². The van der Waals surface area contributed by atoms with Crippen molar-refractivity contribution in [3.05, 3.63) is 168 Å². The number of nitrogens with zero attached hydrogens (tertiary/aromatic N) is 5. The fourth-order valence-corrected chi connectivity index (χ4v) is 10.3. The topological polar surface area (TPSA) is 66.8 Å². The molecule has 4 aliphatic rings. The van der Waals surface area contributed by atoms with E-state index in [9.17, 15) is 5.26 Å². The molecule has 268 valence electrons. The molecule has 4 saturated carbocycles. The Morgan fingerprint density at radius 2 is 0.911 bits per heavy atom. The molecule has 1 aromatic heterocycles. The van der Waals surface area contributed by atoms with Crippen molar-refractivity contribution in [2.75, 3.05) is 0 Å². The molecule has 0 radical (unpaired) electrons. The van der Waals surface area contributed by atoms with Gasteiger partial charge in [0.05, 0.1) is 12.6 Å². The van der Waals surface area contributed by atoms with Crippen molar-refractivity contribution in [1.29, 1.82) is 5.26 Å². The Kier molecular flexibility index (Phi) is 8.38. The summed E-state index contributed by atoms with van der Waals surface area (Å²) < 4.78 is 0. The smallest absolute Gasteiger partial charge is 0.189 e. The first-order valence-electron chi connectivity index (χ1n) is 19.7. The minimum absolute atomic E-state index is 0.360. The maximum Gasteiger partial charge on any atom is 0.189 e. The molecule has 11 rings (SSSR count). The van der Waals surface area contributed by atoms with E-state index in [-0.39, 0.29) is 0 Å². The highest BCUT2D eigenvalue weighted by atomic mass is 15.0. The molecule has 1 heterocycles. The van der Waals surface area contributed by atoms with Crippen LogP contribution < -0.4 is 0 Å². The molecule has 6 aromatic carbocycles. The van der Waals surface area contributed by atoms with Crippen molar-refractivity contribution < 1.29 is 0 Å². The minimum Gasteiger partial charge on any atom is -0.238 e. The number of hydrogen-bond acceptors (Lipinski definition) is 4. The highest BCUT2D eigenvalue weighted by Crippen LogP contribution is 2.60. The molecular weight excluding hydrogens is 683 g/mol. The number of hydrogen-bond donors (Lipinski definition) is 0. The maximum atomic E-state index is 9.82. The lowest BCUT2D eigenvalue weighted by Crippen LogP contribution is -2.48. The molecule has 5 heteroatoms. The molecule has 4 bridgehead atoms. The third-order valence-electron chi connectivity index (χ3n) is 12.5. The van der Waals surface area contributed by atoms with E-state index in [0.717, 1.165) is 56.7 Å². The van der Waals surface area contributed by atoms with Gasteiger partial charge in [0, 0.05) is 22.3 Å². The zero-order valence-electron chi connectivity index (χ0n) is 31.1. The largest absolute Gasteiger partial charge is 0.238 e. The van der Waals surface area contributed by atoms with Crippen LogP contribution in [0.5, 0.6) is 0 Å². The van der Waals surface area contributed by atoms with Crippen LogP contribution in [0, 0.1) is 35.7 Å². The minimum atomic E-state index is 0.360. The first kappa shape index (κ1) is 33.8. The molecule has 4 aliphatic carbocycles. The summed E-state index contributed by atoms with van der Waals surface area (Å²) in [5.74, 6) is 4.21. The van der Waals surface area contributed by atoms with Gasteiger partial charge in [-0.2, -0.15) is 5.26 Å². The number of aromatic nitrogens is 3. The Balaban J connectivity index is 1.05. The summed E-state index contributed by atoms with van der Waals surface area (Å²) in [6.07, 6.45) is 8.47. The molecule has 4 fully saturated rings. The lowest BCUT2D eigenvalue weighted by molar-refractivity contribution is -0.00518. The van der Waals surface area contributed by atoms with Crippen molar-refractivity contribution in [3.8, 4) is 73.6 Å². The average Bonchev–Trinajstić information content (AvgIpc) is 3.26. The quantitative estimate of drug-likeness (QED) is 0.154. The summed E-state index contributed by atoms with van der Waals surface area (Å²) in [5, 5.41) is 9.82. The molecule has 0 amide bonds. The van der Waals surface area contributed by atoms with Crippen LogP contribution in [0.2, 0.25) is 0 Å². The van der Waals surface area contributed by atoms with Gasteiger partial charge in [-0.25, -0.2) is 19.8 Å². The van der Waals surface area contributed by atoms with Crippen molar-refractivity contribution in [2.24, 2.45) is 17.8 Å². The monoisotopic (exact) mass is 721 g/mol. The van der Waals surface area contributed by atoms with Crippen LogP contribution in [-0.2, 0) is 5.41 Å². The molecule has 7 aromatic rings. The fraction of sp³-hybridized carbons (Fsp3) is 0.196. The Morgan fingerprint density at radius 1 is 0.482 bits per heavy atom. The molecule has 56 heavy (non-hydrogen) atoms. The molecule has 0 aliphatic heterocycles. The predicted molar refractivity (Wildman–Crippen MR) is 223 cm³/mol. The van der Waals surface area contributed by atoms with Gasteiger partial charge in [0.1, 0.15) is 0 Å². The van der Waals surface area contributed by atoms with E-state index in [2.05, 4.69) is 102 Å². The molecule has 0 atom stereocenters. The van der Waals surface area contributed by atoms with E-state index in [4.69, 9.17) is 21.5 Å². The van der Waals surface area contributed by atoms with Crippen molar-refractivity contribution in [3.63, 3.8) is 0 Å². The van der Waals surface area contributed by atoms with Gasteiger partial charge in [0.2, 0.25) is 0 Å². The second-order valence-corrected chi connectivity index (χ2v) is 16.2. The Hall–Kier alpha value is -6.69. The van der Waals surface area contributed by atoms with Gasteiger partial charge >= 0.3 is 0 Å². The lowest BCUT2D eigenvalue weighted by Gasteiger charge is -2.57. The summed E-state index contributed by atoms with van der Waals surface area (Å²) in [6.45, 7) is 7.70. The average molecular weight is 722 g/mol. The van der Waals surface area contributed by atoms with E-state index in [1.807, 2.05) is 36.4 Å². The summed E-state index contributed by atoms with van der Waals surface area (Å²) in [4.78, 5) is 18.8. The molecule has 0 N–H and O–H groups in total. The molecule has 0 saturated heterocycles. The van der Waals surface area contributed by atoms with Gasteiger partial charge in [-0.1, -0.05) is 109 Å². The van der Waals surface area contributed by atoms with Crippen molar-refractivity contribution in [1.82, 2.24) is 15.0 Å². The summed E-state index contributed by atoms with van der Waals surface area (Å²) in [7, 11) is 0. The van der Waals surface area contributed by atoms with Gasteiger partial charge in [-0.05, 0) is 137 Å². The molecule has 0 spiro atoms. The zero-order chi connectivity index (χ0) is 37.6. The van der Waals surface area contributed by atoms with Gasteiger partial charge in [-0.3, -0.25) is 0 Å². The third-order valence-corrected chi connectivity index (χ3v) is 12.5. The van der Waals surface area contributed by atoms with Crippen LogP contribution in [0.15, 0.2) is 146 Å². The Labute approximate surface area is 328 Å². The predicted octanol–water partition coefficient (Wildman–Crippen LogP) is 12.8. The number of nitriles is 1. The highest BCUT2D eigenvalue weighted by molar-refractivity contribution is 5.81. The van der Waals surface area contributed by atoms with Gasteiger partial charge in [0.25, 0.3) is 0 Å². The normalized spacial score (nSPS) is 20.6. The summed E-state index contributed by atoms with van der Waals surface area (Å²) in [5.41, 5.74) is 11.6. The Morgan fingerprint density at radius 3 is 1.41 bits per heavy atom. The third kappa shape index (κ3) is 6.36. The standard InChI is InChI=1S/C51H39N5/c1-53-47-24-36(32-52)23-44(28-47)49-54-48(55-50(56-49)45-26-42(37-8-4-2-5-9-37)25-43(27-45)38-10-6-3-7-11-38)41-14-12-39(13-15-41)40-16-18-46(19-17-40)51-29-33-20-34(30-51)22-35(21-33)31-51/h2-19,23-28,33-35H,20-22,29-31H2. The first-order valence-corrected chi connectivity index (χ1v) is 19.7. The summed E-state index contributed by atoms with van der Waals surface area (Å²) in [6, 6.07) is 52.2. The van der Waals surface area contributed by atoms with Crippen molar-refractivity contribution in [2.45, 2.75) is 43.9 Å². The van der Waals surface area contributed by atoms with Crippen LogP contribution in [0.25, 0.3) is 72.4 Å². The SMILES string of the molecule is [C-]#[N+]c1cc(C#N)cc(-c2nc(-c3ccc(-c4ccc(C56CC7CC(CC(C7)C5)C6)cc4)cc3)nc(-c3cc(-c4ccccc4)cc(-c4ccccc4)c3)n2)c1. The summed E-state index contributed by atoms with van der Waals surface area (Å²) >= 11 is 0. The van der Waals surface area contributed by atoms with Crippen LogP contribution in [0.3, 0.4) is 0 Å². The van der Waals surface area contributed by atoms with Crippen LogP contribution >= 0.6 is 0 Å². The zero-order valence-corrected chi connectivity index (χ0v) is 31.1. The molecule has 0 unspecified atom stereocenters. The van der Waals surface area contributed by atoms with Crippen LogP contribution in [0.1, 0.15) is 49.7 Å². The van der Waals surface area contributed by atoms with Gasteiger partial charge in [0.15, 0.2) is 23.2 Å². The second kappa shape index (κ2) is 13.9. The van der Waals surface area contributed by atoms with E-state index in [0.29, 0.717) is 39.7 Å². The number of rotatable bonds is 7. The fourth-order valence-electron chi connectivity index (χ4n) is 10.3. The second-order valence-electron chi connectivity index (χ2n) is 16.2. The molecular formula is C51H39N5. The maximum absolute atomic E-state index is 9.82. The molecule has 5 nitrogen and oxygen atoms in total. The van der Waals surface area contributed by atoms with Crippen LogP contribution in [-0.4, -0.2) is 15.0 Å².